The Morgan fingerprint density at radius 2 is 1.32 bits per heavy atom. The molecule has 4 unspecified atom stereocenters. The summed E-state index contributed by atoms with van der Waals surface area (Å²) >= 11 is 0. The Balaban J connectivity index is 3.95. The van der Waals surface area contributed by atoms with E-state index < -0.39 is 0 Å². The van der Waals surface area contributed by atoms with Crippen molar-refractivity contribution in [1.29, 1.82) is 0 Å². The molecule has 2 amide bonds. The monoisotopic (exact) mass is 356 g/mol. The van der Waals surface area contributed by atoms with Crippen LogP contribution in [0.2, 0.25) is 0 Å². The summed E-state index contributed by atoms with van der Waals surface area (Å²) < 4.78 is 17.0. The molecule has 0 aliphatic rings. The van der Waals surface area contributed by atoms with Crippen LogP contribution >= 0.6 is 0 Å². The lowest BCUT2D eigenvalue weighted by molar-refractivity contribution is -0.119. The molecule has 0 fully saturated rings. The van der Waals surface area contributed by atoms with Crippen LogP contribution in [-0.4, -0.2) is 73.3 Å². The maximum absolute atomic E-state index is 10.8. The molecule has 0 aliphatic carbocycles. The zero-order valence-corrected chi connectivity index (χ0v) is 15.8. The van der Waals surface area contributed by atoms with Gasteiger partial charge in [-0.05, 0) is 40.1 Å². The molecule has 0 bridgehead atoms. The maximum atomic E-state index is 10.8. The van der Waals surface area contributed by atoms with Crippen molar-refractivity contribution in [2.75, 3.05) is 26.4 Å². The second-order valence-electron chi connectivity index (χ2n) is 6.00. The minimum atomic E-state index is -0.114. The van der Waals surface area contributed by atoms with Crippen molar-refractivity contribution < 1.29 is 23.8 Å². The smallest absolute Gasteiger partial charge is 0.213 e. The van der Waals surface area contributed by atoms with Crippen LogP contribution in [0.3, 0.4) is 0 Å². The molecule has 0 aromatic rings. The van der Waals surface area contributed by atoms with Gasteiger partial charge in [0, 0.05) is 0 Å². The van der Waals surface area contributed by atoms with E-state index in [9.17, 15) is 9.59 Å². The lowest BCUT2D eigenvalue weighted by Crippen LogP contribution is -2.34. The molecule has 0 radical (unpaired) electrons. The number of rotatable bonds is 16. The Morgan fingerprint density at radius 1 is 0.800 bits per heavy atom. The Bertz CT molecular complexity index is 389. The highest BCUT2D eigenvalue weighted by Crippen LogP contribution is 2.03. The average Bonchev–Trinajstić information content (AvgIpc) is 2.61. The molecule has 0 N–H and O–H groups in total. The highest BCUT2D eigenvalue weighted by Gasteiger charge is 2.13. The van der Waals surface area contributed by atoms with E-state index in [4.69, 9.17) is 14.2 Å². The Morgan fingerprint density at radius 3 is 1.76 bits per heavy atom. The fraction of sp³-hybridized carbons (Fsp3) is 0.667. The normalized spacial score (nSPS) is 15.5. The molecule has 4 atom stereocenters. The van der Waals surface area contributed by atoms with Gasteiger partial charge in [0.15, 0.2) is 0 Å². The molecule has 0 spiro atoms. The Hall–Kier alpha value is -1.70. The van der Waals surface area contributed by atoms with Crippen molar-refractivity contribution in [3.8, 4) is 0 Å². The van der Waals surface area contributed by atoms with Gasteiger partial charge >= 0.3 is 0 Å². The fourth-order valence-electron chi connectivity index (χ4n) is 1.92. The molecular formula is C18H32N2O5. The van der Waals surface area contributed by atoms with Crippen molar-refractivity contribution in [1.82, 2.24) is 9.80 Å². The SMILES string of the molecule is C=CN(C=O)CC(C)OCC(C)OCC(C)OCC(C)N(C=C)C=O. The molecule has 0 heterocycles. The van der Waals surface area contributed by atoms with Gasteiger partial charge < -0.3 is 24.0 Å². The van der Waals surface area contributed by atoms with Crippen LogP contribution in [0.15, 0.2) is 25.6 Å². The molecule has 0 saturated heterocycles. The summed E-state index contributed by atoms with van der Waals surface area (Å²) in [5, 5.41) is 0. The average molecular weight is 356 g/mol. The van der Waals surface area contributed by atoms with E-state index in [2.05, 4.69) is 13.2 Å². The minimum absolute atomic E-state index is 0.0790. The first kappa shape index (κ1) is 23.3. The van der Waals surface area contributed by atoms with Crippen LogP contribution in [0.5, 0.6) is 0 Å². The first-order chi connectivity index (χ1) is 11.9. The third-order valence-corrected chi connectivity index (χ3v) is 3.53. The molecule has 7 heteroatoms. The first-order valence-electron chi connectivity index (χ1n) is 8.41. The molecule has 25 heavy (non-hydrogen) atoms. The fourth-order valence-corrected chi connectivity index (χ4v) is 1.92. The number of carbonyl (C=O) groups is 2. The van der Waals surface area contributed by atoms with Gasteiger partial charge in [-0.2, -0.15) is 0 Å². The van der Waals surface area contributed by atoms with E-state index >= 15 is 0 Å². The van der Waals surface area contributed by atoms with Crippen LogP contribution in [0.25, 0.3) is 0 Å². The highest BCUT2D eigenvalue weighted by atomic mass is 16.6. The van der Waals surface area contributed by atoms with Gasteiger partial charge in [-0.15, -0.1) is 0 Å². The molecule has 0 aliphatic heterocycles. The minimum Gasteiger partial charge on any atom is -0.374 e. The highest BCUT2D eigenvalue weighted by molar-refractivity contribution is 5.49. The van der Waals surface area contributed by atoms with Crippen LogP contribution in [-0.2, 0) is 23.8 Å². The quantitative estimate of drug-likeness (QED) is 0.395. The standard InChI is InChI=1S/C18H32N2O5/c1-7-19(13-21)9-16(4)24-11-18(6)25-12-17(5)23-10-15(3)20(8-2)14-22/h7-8,13-18H,1-2,9-12H2,3-6H3. The third-order valence-electron chi connectivity index (χ3n) is 3.53. The van der Waals surface area contributed by atoms with Crippen molar-refractivity contribution >= 4 is 12.8 Å². The lowest BCUT2D eigenvalue weighted by Gasteiger charge is -2.24. The summed E-state index contributed by atoms with van der Waals surface area (Å²) in [4.78, 5) is 24.4. The number of ether oxygens (including phenoxy) is 3. The van der Waals surface area contributed by atoms with Crippen LogP contribution < -0.4 is 0 Å². The third kappa shape index (κ3) is 10.7. The summed E-state index contributed by atoms with van der Waals surface area (Å²) in [7, 11) is 0. The number of carbonyl (C=O) groups excluding carboxylic acids is 2. The van der Waals surface area contributed by atoms with E-state index in [-0.39, 0.29) is 24.4 Å². The first-order valence-corrected chi connectivity index (χ1v) is 8.41. The topological polar surface area (TPSA) is 68.3 Å². The number of nitrogens with zero attached hydrogens (tertiary/aromatic N) is 2. The second-order valence-corrected chi connectivity index (χ2v) is 6.00. The Labute approximate surface area is 151 Å². The van der Waals surface area contributed by atoms with Crippen molar-refractivity contribution in [3.63, 3.8) is 0 Å². The maximum Gasteiger partial charge on any atom is 0.213 e. The van der Waals surface area contributed by atoms with Gasteiger partial charge in [-0.25, -0.2) is 0 Å². The predicted octanol–water partition coefficient (Wildman–Crippen LogP) is 1.79. The van der Waals surface area contributed by atoms with Gasteiger partial charge in [-0.3, -0.25) is 9.59 Å². The van der Waals surface area contributed by atoms with E-state index in [1.54, 1.807) is 0 Å². The molecule has 144 valence electrons. The summed E-state index contributed by atoms with van der Waals surface area (Å²) in [6, 6.07) is -0.0790. The molecule has 0 saturated carbocycles. The van der Waals surface area contributed by atoms with Gasteiger partial charge in [0.05, 0.1) is 50.7 Å². The van der Waals surface area contributed by atoms with E-state index in [0.717, 1.165) is 6.41 Å². The largest absolute Gasteiger partial charge is 0.374 e. The van der Waals surface area contributed by atoms with Gasteiger partial charge in [0.1, 0.15) is 0 Å². The van der Waals surface area contributed by atoms with Crippen molar-refractivity contribution in [2.45, 2.75) is 52.0 Å². The number of hydrogen-bond donors (Lipinski definition) is 0. The van der Waals surface area contributed by atoms with Crippen molar-refractivity contribution in [2.24, 2.45) is 0 Å². The summed E-state index contributed by atoms with van der Waals surface area (Å²) in [6.45, 7) is 16.4. The molecule has 0 aromatic carbocycles. The van der Waals surface area contributed by atoms with Gasteiger partial charge in [0.25, 0.3) is 0 Å². The van der Waals surface area contributed by atoms with Gasteiger partial charge in [-0.1, -0.05) is 13.2 Å². The van der Waals surface area contributed by atoms with Crippen LogP contribution in [0, 0.1) is 0 Å². The predicted molar refractivity (Wildman–Crippen MR) is 96.8 cm³/mol. The molecule has 7 nitrogen and oxygen atoms in total. The summed E-state index contributed by atoms with van der Waals surface area (Å²) in [5.74, 6) is 0. The molecule has 0 aromatic heterocycles. The Kier molecular flexibility index (Phi) is 12.7. The molecule has 0 rings (SSSR count). The second kappa shape index (κ2) is 13.6. The molecular weight excluding hydrogens is 324 g/mol. The van der Waals surface area contributed by atoms with E-state index in [1.807, 2.05) is 27.7 Å². The van der Waals surface area contributed by atoms with Crippen molar-refractivity contribution in [3.05, 3.63) is 25.6 Å². The number of hydrogen-bond acceptors (Lipinski definition) is 5. The zero-order valence-electron chi connectivity index (χ0n) is 15.8. The van der Waals surface area contributed by atoms with E-state index in [0.29, 0.717) is 32.8 Å². The van der Waals surface area contributed by atoms with Crippen LogP contribution in [0.4, 0.5) is 0 Å². The number of amides is 2. The zero-order chi connectivity index (χ0) is 19.2. The lowest BCUT2D eigenvalue weighted by atomic mass is 10.3. The van der Waals surface area contributed by atoms with Crippen LogP contribution in [0.1, 0.15) is 27.7 Å². The van der Waals surface area contributed by atoms with Gasteiger partial charge in [0.2, 0.25) is 12.8 Å². The summed E-state index contributed by atoms with van der Waals surface area (Å²) in [6.07, 6.45) is 4.06. The summed E-state index contributed by atoms with van der Waals surface area (Å²) in [5.41, 5.74) is 0. The van der Waals surface area contributed by atoms with E-state index in [1.165, 1.54) is 22.2 Å².